The molecule has 0 aliphatic rings. The standard InChI is InChI=1S/C7H17NO5S/c1-7(14(11,12)13)8(2,3-5-9)4-6-10/h7,9-10H,3-6H2,1-2H3/p+1. The monoisotopic (exact) mass is 228 g/mol. The molecular formula is C7H18NO5S+. The van der Waals surface area contributed by atoms with Gasteiger partial charge in [-0.25, -0.2) is 0 Å². The SMILES string of the molecule is CC([N+](C)(CCO)CCO)S(=O)(=O)O. The third-order valence-electron chi connectivity index (χ3n) is 2.53. The maximum atomic E-state index is 10.9. The molecule has 0 spiro atoms. The van der Waals surface area contributed by atoms with Crippen molar-refractivity contribution in [2.24, 2.45) is 0 Å². The van der Waals surface area contributed by atoms with Crippen molar-refractivity contribution in [3.8, 4) is 0 Å². The molecule has 0 amide bonds. The summed E-state index contributed by atoms with van der Waals surface area (Å²) in [5.74, 6) is 0. The Labute approximate surface area is 84.1 Å². The van der Waals surface area contributed by atoms with E-state index in [0.29, 0.717) is 0 Å². The fourth-order valence-corrected chi connectivity index (χ4v) is 2.11. The summed E-state index contributed by atoms with van der Waals surface area (Å²) in [6.07, 6.45) is 0. The van der Waals surface area contributed by atoms with Gasteiger partial charge in [0.1, 0.15) is 13.1 Å². The molecule has 1 atom stereocenters. The molecule has 0 aromatic carbocycles. The van der Waals surface area contributed by atoms with Crippen LogP contribution in [0.4, 0.5) is 0 Å². The number of rotatable bonds is 6. The molecule has 6 nitrogen and oxygen atoms in total. The van der Waals surface area contributed by atoms with Crippen LogP contribution in [0.5, 0.6) is 0 Å². The van der Waals surface area contributed by atoms with Crippen molar-refractivity contribution >= 4 is 10.1 Å². The Balaban J connectivity index is 4.81. The van der Waals surface area contributed by atoms with Crippen LogP contribution >= 0.6 is 0 Å². The van der Waals surface area contributed by atoms with Gasteiger partial charge in [0.15, 0.2) is 0 Å². The molecule has 0 saturated carbocycles. The first-order valence-corrected chi connectivity index (χ1v) is 5.80. The summed E-state index contributed by atoms with van der Waals surface area (Å²) < 4.78 is 30.6. The Kier molecular flexibility index (Phi) is 4.96. The van der Waals surface area contributed by atoms with Crippen LogP contribution in [0, 0.1) is 0 Å². The number of aliphatic hydroxyl groups is 2. The first-order valence-electron chi connectivity index (χ1n) is 4.30. The highest BCUT2D eigenvalue weighted by atomic mass is 32.2. The largest absolute Gasteiger partial charge is 0.391 e. The first kappa shape index (κ1) is 13.8. The molecule has 0 bridgehead atoms. The Morgan fingerprint density at radius 1 is 1.21 bits per heavy atom. The summed E-state index contributed by atoms with van der Waals surface area (Å²) in [6, 6.07) is 0. The third kappa shape index (κ3) is 3.50. The maximum absolute atomic E-state index is 10.9. The van der Waals surface area contributed by atoms with Crippen molar-refractivity contribution in [3.05, 3.63) is 0 Å². The summed E-state index contributed by atoms with van der Waals surface area (Å²) >= 11 is 0. The molecule has 1 unspecified atom stereocenters. The zero-order valence-electron chi connectivity index (χ0n) is 8.42. The van der Waals surface area contributed by atoms with Gasteiger partial charge in [-0.2, -0.15) is 8.42 Å². The predicted molar refractivity (Wildman–Crippen MR) is 51.1 cm³/mol. The summed E-state index contributed by atoms with van der Waals surface area (Å²) in [5, 5.41) is 16.5. The number of quaternary nitrogens is 1. The summed E-state index contributed by atoms with van der Waals surface area (Å²) in [6.45, 7) is 1.29. The summed E-state index contributed by atoms with van der Waals surface area (Å²) in [5.41, 5.74) is 0. The van der Waals surface area contributed by atoms with E-state index in [1.165, 1.54) is 6.92 Å². The Bertz CT molecular complexity index is 257. The van der Waals surface area contributed by atoms with Crippen LogP contribution in [0.2, 0.25) is 0 Å². The predicted octanol–water partition coefficient (Wildman–Crippen LogP) is -1.35. The fraction of sp³-hybridized carbons (Fsp3) is 1.00. The second-order valence-electron chi connectivity index (χ2n) is 3.49. The number of aliphatic hydroxyl groups excluding tert-OH is 2. The van der Waals surface area contributed by atoms with Gasteiger partial charge in [-0.1, -0.05) is 0 Å². The number of hydrogen-bond acceptors (Lipinski definition) is 4. The van der Waals surface area contributed by atoms with Crippen molar-refractivity contribution in [1.29, 1.82) is 0 Å². The lowest BCUT2D eigenvalue weighted by Crippen LogP contribution is -2.56. The third-order valence-corrected chi connectivity index (χ3v) is 3.90. The van der Waals surface area contributed by atoms with Crippen molar-refractivity contribution < 1.29 is 27.7 Å². The van der Waals surface area contributed by atoms with Gasteiger partial charge >= 0.3 is 10.1 Å². The van der Waals surface area contributed by atoms with Gasteiger partial charge in [-0.3, -0.25) is 4.55 Å². The lowest BCUT2D eigenvalue weighted by molar-refractivity contribution is -0.919. The number of nitrogens with zero attached hydrogens (tertiary/aromatic N) is 1. The quantitative estimate of drug-likeness (QED) is 0.386. The molecule has 0 aliphatic heterocycles. The first-order chi connectivity index (χ1) is 6.28. The fourth-order valence-electron chi connectivity index (χ4n) is 1.25. The van der Waals surface area contributed by atoms with E-state index in [4.69, 9.17) is 14.8 Å². The van der Waals surface area contributed by atoms with Gasteiger partial charge < -0.3 is 14.7 Å². The zero-order chi connectivity index (χ0) is 11.4. The normalized spacial score (nSPS) is 15.5. The molecule has 3 N–H and O–H groups in total. The van der Waals surface area contributed by atoms with E-state index in [1.54, 1.807) is 7.05 Å². The van der Waals surface area contributed by atoms with Gasteiger partial charge in [0.2, 0.25) is 5.37 Å². The number of hydrogen-bond donors (Lipinski definition) is 3. The van der Waals surface area contributed by atoms with E-state index < -0.39 is 15.5 Å². The van der Waals surface area contributed by atoms with Crippen LogP contribution in [-0.4, -0.2) is 66.4 Å². The van der Waals surface area contributed by atoms with E-state index >= 15 is 0 Å². The van der Waals surface area contributed by atoms with Gasteiger partial charge in [-0.05, 0) is 0 Å². The molecule has 0 aromatic rings. The Morgan fingerprint density at radius 3 is 1.79 bits per heavy atom. The molecular weight excluding hydrogens is 210 g/mol. The van der Waals surface area contributed by atoms with E-state index in [2.05, 4.69) is 0 Å². The Hall–Kier alpha value is -0.210. The minimum absolute atomic E-state index is 0.105. The lowest BCUT2D eigenvalue weighted by Gasteiger charge is -2.37. The van der Waals surface area contributed by atoms with Crippen molar-refractivity contribution in [2.45, 2.75) is 12.3 Å². The smallest absolute Gasteiger partial charge is 0.319 e. The van der Waals surface area contributed by atoms with Gasteiger partial charge in [-0.15, -0.1) is 0 Å². The average molecular weight is 228 g/mol. The van der Waals surface area contributed by atoms with Gasteiger partial charge in [0.05, 0.1) is 20.3 Å². The highest BCUT2D eigenvalue weighted by Crippen LogP contribution is 2.14. The lowest BCUT2D eigenvalue weighted by atomic mass is 10.4. The molecule has 0 heterocycles. The van der Waals surface area contributed by atoms with Crippen LogP contribution < -0.4 is 0 Å². The van der Waals surface area contributed by atoms with E-state index in [0.717, 1.165) is 0 Å². The molecule has 0 saturated heterocycles. The second kappa shape index (κ2) is 5.04. The molecule has 0 aliphatic carbocycles. The van der Waals surface area contributed by atoms with Gasteiger partial charge in [0, 0.05) is 6.92 Å². The highest BCUT2D eigenvalue weighted by molar-refractivity contribution is 7.86. The van der Waals surface area contributed by atoms with Crippen LogP contribution in [-0.2, 0) is 10.1 Å². The van der Waals surface area contributed by atoms with Crippen molar-refractivity contribution in [2.75, 3.05) is 33.4 Å². The van der Waals surface area contributed by atoms with Gasteiger partial charge in [0.25, 0.3) is 0 Å². The van der Waals surface area contributed by atoms with Crippen LogP contribution in [0.3, 0.4) is 0 Å². The maximum Gasteiger partial charge on any atom is 0.319 e. The molecule has 14 heavy (non-hydrogen) atoms. The minimum Gasteiger partial charge on any atom is -0.391 e. The van der Waals surface area contributed by atoms with Crippen LogP contribution in [0.15, 0.2) is 0 Å². The topological polar surface area (TPSA) is 94.8 Å². The average Bonchev–Trinajstić information content (AvgIpc) is 2.02. The van der Waals surface area contributed by atoms with E-state index in [1.807, 2.05) is 0 Å². The molecule has 0 aromatic heterocycles. The minimum atomic E-state index is -4.15. The Morgan fingerprint density at radius 2 is 1.57 bits per heavy atom. The van der Waals surface area contributed by atoms with Crippen molar-refractivity contribution in [3.63, 3.8) is 0 Å². The van der Waals surface area contributed by atoms with E-state index in [9.17, 15) is 8.42 Å². The van der Waals surface area contributed by atoms with E-state index in [-0.39, 0.29) is 30.8 Å². The molecule has 0 rings (SSSR count). The summed E-state index contributed by atoms with van der Waals surface area (Å²) in [7, 11) is -2.59. The number of likely N-dealkylation sites (N-methyl/N-ethyl adjacent to an activating group) is 1. The van der Waals surface area contributed by atoms with Crippen LogP contribution in [0.1, 0.15) is 6.92 Å². The molecule has 86 valence electrons. The molecule has 0 radical (unpaired) electrons. The zero-order valence-corrected chi connectivity index (χ0v) is 9.24. The summed E-state index contributed by atoms with van der Waals surface area (Å²) in [4.78, 5) is 0. The highest BCUT2D eigenvalue weighted by Gasteiger charge is 2.37. The molecule has 7 heteroatoms. The van der Waals surface area contributed by atoms with Crippen LogP contribution in [0.25, 0.3) is 0 Å². The second-order valence-corrected chi connectivity index (χ2v) is 5.20. The molecule has 0 fully saturated rings. The van der Waals surface area contributed by atoms with Crippen molar-refractivity contribution in [1.82, 2.24) is 0 Å².